The average molecular weight is 250 g/mol. The number of hydrogen-bond acceptors (Lipinski definition) is 3. The molecule has 1 aromatic rings. The van der Waals surface area contributed by atoms with E-state index in [0.717, 1.165) is 5.56 Å². The highest BCUT2D eigenvalue weighted by atomic mass is 35.5. The van der Waals surface area contributed by atoms with Crippen LogP contribution in [0.5, 0.6) is 0 Å². The molecule has 0 aliphatic carbocycles. The number of benzene rings is 1. The van der Waals surface area contributed by atoms with E-state index < -0.39 is 6.10 Å². The fourth-order valence-corrected chi connectivity index (χ4v) is 1.42. The standard InChI is InChI=1S/C10H13Cl2NO2/c11-9-2-1-7(3-10(9)12)4-13-5-8(15)6-14/h1-3,8,13-15H,4-6H2. The summed E-state index contributed by atoms with van der Waals surface area (Å²) in [6.07, 6.45) is -0.729. The van der Waals surface area contributed by atoms with Gasteiger partial charge < -0.3 is 15.5 Å². The number of rotatable bonds is 5. The molecule has 0 saturated carbocycles. The van der Waals surface area contributed by atoms with Gasteiger partial charge >= 0.3 is 0 Å². The summed E-state index contributed by atoms with van der Waals surface area (Å²) in [7, 11) is 0. The summed E-state index contributed by atoms with van der Waals surface area (Å²) in [5, 5.41) is 21.7. The van der Waals surface area contributed by atoms with Crippen LogP contribution in [-0.2, 0) is 6.54 Å². The van der Waals surface area contributed by atoms with Crippen molar-refractivity contribution in [1.82, 2.24) is 5.32 Å². The first kappa shape index (κ1) is 12.7. The molecule has 0 amide bonds. The minimum atomic E-state index is -0.729. The van der Waals surface area contributed by atoms with Crippen LogP contribution < -0.4 is 5.32 Å². The lowest BCUT2D eigenvalue weighted by Gasteiger charge is -2.09. The van der Waals surface area contributed by atoms with Crippen LogP contribution in [0, 0.1) is 0 Å². The lowest BCUT2D eigenvalue weighted by Crippen LogP contribution is -2.28. The van der Waals surface area contributed by atoms with Gasteiger partial charge in [0.05, 0.1) is 22.8 Å². The third kappa shape index (κ3) is 4.36. The highest BCUT2D eigenvalue weighted by Crippen LogP contribution is 2.22. The molecule has 1 rings (SSSR count). The number of nitrogens with one attached hydrogen (secondary N) is 1. The van der Waals surface area contributed by atoms with Crippen molar-refractivity contribution in [3.63, 3.8) is 0 Å². The molecule has 1 atom stereocenters. The third-order valence-electron chi connectivity index (χ3n) is 1.90. The summed E-state index contributed by atoms with van der Waals surface area (Å²) in [6.45, 7) is 0.680. The molecule has 84 valence electrons. The van der Waals surface area contributed by atoms with Crippen LogP contribution in [0.15, 0.2) is 18.2 Å². The van der Waals surface area contributed by atoms with Gasteiger partial charge in [-0.15, -0.1) is 0 Å². The quantitative estimate of drug-likeness (QED) is 0.741. The van der Waals surface area contributed by atoms with Crippen molar-refractivity contribution in [2.75, 3.05) is 13.2 Å². The van der Waals surface area contributed by atoms with E-state index in [-0.39, 0.29) is 6.61 Å². The van der Waals surface area contributed by atoms with E-state index in [4.69, 9.17) is 33.4 Å². The largest absolute Gasteiger partial charge is 0.394 e. The average Bonchev–Trinajstić information content (AvgIpc) is 2.23. The third-order valence-corrected chi connectivity index (χ3v) is 2.64. The molecule has 5 heteroatoms. The van der Waals surface area contributed by atoms with Gasteiger partial charge in [0.15, 0.2) is 0 Å². The first-order valence-corrected chi connectivity index (χ1v) is 5.32. The van der Waals surface area contributed by atoms with Gasteiger partial charge in [0.2, 0.25) is 0 Å². The van der Waals surface area contributed by atoms with E-state index in [1.807, 2.05) is 6.07 Å². The highest BCUT2D eigenvalue weighted by molar-refractivity contribution is 6.42. The second-order valence-electron chi connectivity index (χ2n) is 3.22. The molecule has 0 aliphatic heterocycles. The number of halogens is 2. The molecule has 0 bridgehead atoms. The normalized spacial score (nSPS) is 12.8. The van der Waals surface area contributed by atoms with Gasteiger partial charge in [-0.2, -0.15) is 0 Å². The number of aliphatic hydroxyl groups excluding tert-OH is 2. The Labute approximate surface area is 98.6 Å². The van der Waals surface area contributed by atoms with Gasteiger partial charge in [0.1, 0.15) is 0 Å². The van der Waals surface area contributed by atoms with Crippen molar-refractivity contribution in [3.8, 4) is 0 Å². The molecular formula is C10H13Cl2NO2. The second kappa shape index (κ2) is 6.30. The monoisotopic (exact) mass is 249 g/mol. The Hall–Kier alpha value is -0.320. The first-order valence-electron chi connectivity index (χ1n) is 4.57. The number of hydrogen-bond donors (Lipinski definition) is 3. The maximum Gasteiger partial charge on any atom is 0.0895 e. The smallest absolute Gasteiger partial charge is 0.0895 e. The molecule has 0 saturated heterocycles. The second-order valence-corrected chi connectivity index (χ2v) is 4.03. The summed E-state index contributed by atoms with van der Waals surface area (Å²) in [5.41, 5.74) is 0.981. The Balaban J connectivity index is 2.41. The minimum Gasteiger partial charge on any atom is -0.394 e. The Bertz CT molecular complexity index is 320. The predicted molar refractivity (Wildman–Crippen MR) is 61.3 cm³/mol. The van der Waals surface area contributed by atoms with E-state index in [1.54, 1.807) is 12.1 Å². The minimum absolute atomic E-state index is 0.242. The molecule has 0 fully saturated rings. The maximum absolute atomic E-state index is 9.07. The fourth-order valence-electron chi connectivity index (χ4n) is 1.10. The molecule has 3 N–H and O–H groups in total. The summed E-state index contributed by atoms with van der Waals surface area (Å²) >= 11 is 11.6. The molecule has 1 unspecified atom stereocenters. The Morgan fingerprint density at radius 1 is 1.27 bits per heavy atom. The summed E-state index contributed by atoms with van der Waals surface area (Å²) in [4.78, 5) is 0. The van der Waals surface area contributed by atoms with Crippen molar-refractivity contribution >= 4 is 23.2 Å². The molecule has 15 heavy (non-hydrogen) atoms. The maximum atomic E-state index is 9.07. The SMILES string of the molecule is OCC(O)CNCc1ccc(Cl)c(Cl)c1. The van der Waals surface area contributed by atoms with Crippen LogP contribution in [-0.4, -0.2) is 29.5 Å². The summed E-state index contributed by atoms with van der Waals surface area (Å²) in [6, 6.07) is 5.35. The Kier molecular flexibility index (Phi) is 5.36. The molecular weight excluding hydrogens is 237 g/mol. The van der Waals surface area contributed by atoms with Crippen LogP contribution in [0.4, 0.5) is 0 Å². The Morgan fingerprint density at radius 3 is 2.60 bits per heavy atom. The van der Waals surface area contributed by atoms with Crippen LogP contribution in [0.3, 0.4) is 0 Å². The fraction of sp³-hybridized carbons (Fsp3) is 0.400. The highest BCUT2D eigenvalue weighted by Gasteiger charge is 2.02. The lowest BCUT2D eigenvalue weighted by molar-refractivity contribution is 0.0942. The van der Waals surface area contributed by atoms with Gasteiger partial charge in [-0.3, -0.25) is 0 Å². The van der Waals surface area contributed by atoms with Gasteiger partial charge in [-0.1, -0.05) is 29.3 Å². The molecule has 0 radical (unpaired) electrons. The zero-order chi connectivity index (χ0) is 11.3. The van der Waals surface area contributed by atoms with E-state index >= 15 is 0 Å². The predicted octanol–water partition coefficient (Wildman–Crippen LogP) is 1.44. The van der Waals surface area contributed by atoms with Gasteiger partial charge in [0.25, 0.3) is 0 Å². The molecule has 0 spiro atoms. The molecule has 0 heterocycles. The van der Waals surface area contributed by atoms with Crippen LogP contribution >= 0.6 is 23.2 Å². The van der Waals surface area contributed by atoms with Crippen LogP contribution in [0.1, 0.15) is 5.56 Å². The van der Waals surface area contributed by atoms with Crippen molar-refractivity contribution in [1.29, 1.82) is 0 Å². The van der Waals surface area contributed by atoms with Gasteiger partial charge in [-0.25, -0.2) is 0 Å². The summed E-state index contributed by atoms with van der Waals surface area (Å²) < 4.78 is 0. The summed E-state index contributed by atoms with van der Waals surface area (Å²) in [5.74, 6) is 0. The molecule has 0 aromatic heterocycles. The van der Waals surface area contributed by atoms with Crippen LogP contribution in [0.25, 0.3) is 0 Å². The Morgan fingerprint density at radius 2 is 2.00 bits per heavy atom. The molecule has 1 aromatic carbocycles. The van der Waals surface area contributed by atoms with E-state index in [0.29, 0.717) is 23.1 Å². The van der Waals surface area contributed by atoms with E-state index in [1.165, 1.54) is 0 Å². The molecule has 0 aliphatic rings. The lowest BCUT2D eigenvalue weighted by atomic mass is 10.2. The van der Waals surface area contributed by atoms with Crippen molar-refractivity contribution in [2.45, 2.75) is 12.6 Å². The van der Waals surface area contributed by atoms with E-state index in [2.05, 4.69) is 5.32 Å². The van der Waals surface area contributed by atoms with E-state index in [9.17, 15) is 0 Å². The van der Waals surface area contributed by atoms with Crippen molar-refractivity contribution in [3.05, 3.63) is 33.8 Å². The van der Waals surface area contributed by atoms with Crippen molar-refractivity contribution in [2.24, 2.45) is 0 Å². The zero-order valence-electron chi connectivity index (χ0n) is 8.08. The zero-order valence-corrected chi connectivity index (χ0v) is 9.59. The van der Waals surface area contributed by atoms with Crippen LogP contribution in [0.2, 0.25) is 10.0 Å². The van der Waals surface area contributed by atoms with Gasteiger partial charge in [0, 0.05) is 13.1 Å². The first-order chi connectivity index (χ1) is 7.13. The topological polar surface area (TPSA) is 52.5 Å². The molecule has 3 nitrogen and oxygen atoms in total. The van der Waals surface area contributed by atoms with Crippen molar-refractivity contribution < 1.29 is 10.2 Å². The van der Waals surface area contributed by atoms with Gasteiger partial charge in [-0.05, 0) is 17.7 Å². The number of aliphatic hydroxyl groups is 2.